The molecule has 1 aromatic rings. The molecule has 1 heterocycles. The Balaban J connectivity index is 0.00000392. The molecule has 0 radical (unpaired) electrons. The van der Waals surface area contributed by atoms with Crippen molar-refractivity contribution in [3.8, 4) is 0 Å². The minimum absolute atomic E-state index is 0. The number of carbonyl (C=O) groups excluding carboxylic acids is 1. The Bertz CT molecular complexity index is 589. The zero-order valence-corrected chi connectivity index (χ0v) is 19.7. The number of carbonyl (C=O) groups is 1. The van der Waals surface area contributed by atoms with Crippen LogP contribution in [-0.4, -0.2) is 68.6 Å². The lowest BCUT2D eigenvalue weighted by Crippen LogP contribution is -2.46. The van der Waals surface area contributed by atoms with Crippen molar-refractivity contribution < 1.29 is 9.53 Å². The average Bonchev–Trinajstić information content (AvgIpc) is 2.70. The van der Waals surface area contributed by atoms with Gasteiger partial charge in [-0.15, -0.1) is 24.0 Å². The Morgan fingerprint density at radius 2 is 1.96 bits per heavy atom. The van der Waals surface area contributed by atoms with E-state index in [-0.39, 0.29) is 35.9 Å². The van der Waals surface area contributed by atoms with Gasteiger partial charge >= 0.3 is 5.97 Å². The van der Waals surface area contributed by atoms with Crippen molar-refractivity contribution in [2.75, 3.05) is 46.9 Å². The number of hydrogen-bond donors (Lipinski definition) is 1. The lowest BCUT2D eigenvalue weighted by molar-refractivity contribution is -0.146. The van der Waals surface area contributed by atoms with Gasteiger partial charge < -0.3 is 19.9 Å². The average molecular weight is 502 g/mol. The van der Waals surface area contributed by atoms with Crippen LogP contribution in [0.1, 0.15) is 31.7 Å². The van der Waals surface area contributed by atoms with Gasteiger partial charge in [0.15, 0.2) is 5.96 Å². The molecular weight excluding hydrogens is 467 g/mol. The van der Waals surface area contributed by atoms with Crippen LogP contribution in [0.15, 0.2) is 35.3 Å². The van der Waals surface area contributed by atoms with E-state index in [4.69, 9.17) is 9.73 Å². The molecule has 28 heavy (non-hydrogen) atoms. The number of aliphatic imine (C=N–C) groups is 1. The van der Waals surface area contributed by atoms with Crippen LogP contribution in [0.25, 0.3) is 0 Å². The van der Waals surface area contributed by atoms with Gasteiger partial charge in [0.05, 0.1) is 13.0 Å². The van der Waals surface area contributed by atoms with Gasteiger partial charge in [0, 0.05) is 32.7 Å². The molecule has 158 valence electrons. The molecule has 0 unspecified atom stereocenters. The van der Waals surface area contributed by atoms with Crippen LogP contribution in [-0.2, 0) is 16.1 Å². The van der Waals surface area contributed by atoms with Crippen molar-refractivity contribution in [3.05, 3.63) is 35.9 Å². The number of rotatable bonds is 8. The third kappa shape index (κ3) is 8.34. The third-order valence-electron chi connectivity index (χ3n) is 4.92. The molecule has 1 N–H and O–H groups in total. The number of methoxy groups -OCH3 is 1. The van der Waals surface area contributed by atoms with Crippen molar-refractivity contribution in [3.63, 3.8) is 0 Å². The molecule has 7 heteroatoms. The maximum Gasteiger partial charge on any atom is 0.308 e. The summed E-state index contributed by atoms with van der Waals surface area (Å²) in [6.07, 6.45) is 2.69. The normalized spacial score (nSPS) is 15.3. The first-order valence-corrected chi connectivity index (χ1v) is 9.97. The zero-order chi connectivity index (χ0) is 19.5. The minimum Gasteiger partial charge on any atom is -0.469 e. The maximum atomic E-state index is 11.7. The quantitative estimate of drug-likeness (QED) is 0.195. The van der Waals surface area contributed by atoms with Gasteiger partial charge in [-0.2, -0.15) is 0 Å². The lowest BCUT2D eigenvalue weighted by Gasteiger charge is -2.33. The van der Waals surface area contributed by atoms with Gasteiger partial charge in [0.2, 0.25) is 0 Å². The van der Waals surface area contributed by atoms with Crippen LogP contribution >= 0.6 is 24.0 Å². The summed E-state index contributed by atoms with van der Waals surface area (Å²) in [4.78, 5) is 21.1. The summed E-state index contributed by atoms with van der Waals surface area (Å²) in [6, 6.07) is 10.5. The number of ether oxygens (including phenoxy) is 1. The summed E-state index contributed by atoms with van der Waals surface area (Å²) >= 11 is 0. The van der Waals surface area contributed by atoms with Crippen LogP contribution in [0.5, 0.6) is 0 Å². The smallest absolute Gasteiger partial charge is 0.308 e. The van der Waals surface area contributed by atoms with Gasteiger partial charge in [-0.3, -0.25) is 9.79 Å². The second-order valence-corrected chi connectivity index (χ2v) is 7.10. The first-order valence-electron chi connectivity index (χ1n) is 9.97. The second kappa shape index (κ2) is 13.8. The molecule has 1 saturated heterocycles. The number of guanidine groups is 1. The fourth-order valence-electron chi connectivity index (χ4n) is 3.42. The molecule has 0 spiro atoms. The molecule has 6 nitrogen and oxygen atoms in total. The third-order valence-corrected chi connectivity index (χ3v) is 4.92. The Morgan fingerprint density at radius 3 is 2.57 bits per heavy atom. The predicted molar refractivity (Wildman–Crippen MR) is 125 cm³/mol. The maximum absolute atomic E-state index is 11.7. The van der Waals surface area contributed by atoms with Gasteiger partial charge in [0.1, 0.15) is 0 Å². The molecule has 0 aliphatic carbocycles. The van der Waals surface area contributed by atoms with E-state index in [1.54, 1.807) is 0 Å². The van der Waals surface area contributed by atoms with E-state index in [9.17, 15) is 4.79 Å². The van der Waals surface area contributed by atoms with Crippen molar-refractivity contribution in [2.45, 2.75) is 32.7 Å². The molecule has 1 fully saturated rings. The van der Waals surface area contributed by atoms with E-state index < -0.39 is 0 Å². The number of nitrogens with one attached hydrogen (secondary N) is 1. The van der Waals surface area contributed by atoms with Gasteiger partial charge in [-0.05, 0) is 45.3 Å². The number of benzene rings is 1. The zero-order valence-electron chi connectivity index (χ0n) is 17.4. The van der Waals surface area contributed by atoms with Crippen molar-refractivity contribution in [2.24, 2.45) is 10.9 Å². The molecule has 1 aromatic carbocycles. The highest BCUT2D eigenvalue weighted by Gasteiger charge is 2.26. The highest BCUT2D eigenvalue weighted by atomic mass is 127. The molecule has 0 amide bonds. The van der Waals surface area contributed by atoms with Crippen molar-refractivity contribution >= 4 is 35.9 Å². The van der Waals surface area contributed by atoms with Crippen LogP contribution in [0.4, 0.5) is 0 Å². The predicted octanol–water partition coefficient (Wildman–Crippen LogP) is 2.98. The molecule has 0 bridgehead atoms. The van der Waals surface area contributed by atoms with E-state index >= 15 is 0 Å². The fraction of sp³-hybridized carbons (Fsp3) is 0.619. The second-order valence-electron chi connectivity index (χ2n) is 7.10. The standard InChI is InChI=1S/C21H34N4O2.HI/c1-4-22-21(25-15-11-19(12-16-25)20(26)27-3)23-13-8-14-24(2)17-18-9-6-5-7-10-18;/h5-7,9-10,19H,4,8,11-17H2,1-3H3,(H,22,23);1H. The largest absolute Gasteiger partial charge is 0.469 e. The van der Waals surface area contributed by atoms with E-state index in [1.165, 1.54) is 12.7 Å². The Hall–Kier alpha value is -1.35. The molecule has 1 aliphatic heterocycles. The molecule has 0 saturated carbocycles. The SMILES string of the molecule is CCNC(=NCCCN(C)Cc1ccccc1)N1CCC(C(=O)OC)CC1.I. The summed E-state index contributed by atoms with van der Waals surface area (Å²) in [5.41, 5.74) is 1.34. The topological polar surface area (TPSA) is 57.2 Å². The Morgan fingerprint density at radius 1 is 1.29 bits per heavy atom. The Labute approximate surface area is 186 Å². The molecular formula is C21H35IN4O2. The summed E-state index contributed by atoms with van der Waals surface area (Å²) in [5, 5.41) is 3.38. The number of nitrogens with zero attached hydrogens (tertiary/aromatic N) is 3. The number of esters is 1. The van der Waals surface area contributed by atoms with Gasteiger partial charge in [-0.1, -0.05) is 30.3 Å². The highest BCUT2D eigenvalue weighted by Crippen LogP contribution is 2.18. The Kier molecular flexibility index (Phi) is 12.1. The van der Waals surface area contributed by atoms with Crippen LogP contribution in [0.3, 0.4) is 0 Å². The molecule has 1 aliphatic rings. The van der Waals surface area contributed by atoms with E-state index in [0.717, 1.165) is 64.5 Å². The summed E-state index contributed by atoms with van der Waals surface area (Å²) in [7, 11) is 3.62. The number of hydrogen-bond acceptors (Lipinski definition) is 4. The number of halogens is 1. The molecule has 0 atom stereocenters. The van der Waals surface area contributed by atoms with Crippen molar-refractivity contribution in [1.82, 2.24) is 15.1 Å². The van der Waals surface area contributed by atoms with Crippen molar-refractivity contribution in [1.29, 1.82) is 0 Å². The summed E-state index contributed by atoms with van der Waals surface area (Å²) in [6.45, 7) is 7.42. The van der Waals surface area contributed by atoms with Crippen LogP contribution in [0.2, 0.25) is 0 Å². The summed E-state index contributed by atoms with van der Waals surface area (Å²) < 4.78 is 4.87. The van der Waals surface area contributed by atoms with E-state index in [1.807, 2.05) is 0 Å². The first kappa shape index (κ1) is 24.7. The highest BCUT2D eigenvalue weighted by molar-refractivity contribution is 14.0. The minimum atomic E-state index is -0.0851. The number of likely N-dealkylation sites (tertiary alicyclic amines) is 1. The monoisotopic (exact) mass is 502 g/mol. The number of piperidine rings is 1. The van der Waals surface area contributed by atoms with Crippen LogP contribution in [0, 0.1) is 5.92 Å². The molecule has 0 aromatic heterocycles. The first-order chi connectivity index (χ1) is 13.1. The molecule has 2 rings (SSSR count). The van der Waals surface area contributed by atoms with Gasteiger partial charge in [0.25, 0.3) is 0 Å². The van der Waals surface area contributed by atoms with E-state index in [0.29, 0.717) is 0 Å². The summed E-state index contributed by atoms with van der Waals surface area (Å²) in [5.74, 6) is 0.908. The fourth-order valence-corrected chi connectivity index (χ4v) is 3.42. The lowest BCUT2D eigenvalue weighted by atomic mass is 9.97. The van der Waals surface area contributed by atoms with Gasteiger partial charge in [-0.25, -0.2) is 0 Å². The van der Waals surface area contributed by atoms with E-state index in [2.05, 4.69) is 59.4 Å². The van der Waals surface area contributed by atoms with Crippen LogP contribution < -0.4 is 5.32 Å².